The molecule has 0 heterocycles. The molecular formula is C12H21N. The van der Waals surface area contributed by atoms with Crippen molar-refractivity contribution in [2.75, 3.05) is 0 Å². The first-order chi connectivity index (χ1) is 5.85. The second-order valence-corrected chi connectivity index (χ2v) is 5.33. The summed E-state index contributed by atoms with van der Waals surface area (Å²) in [5.74, 6) is 3.29. The van der Waals surface area contributed by atoms with Crippen LogP contribution in [-0.2, 0) is 0 Å². The van der Waals surface area contributed by atoms with Gasteiger partial charge in [-0.05, 0) is 23.2 Å². The summed E-state index contributed by atoms with van der Waals surface area (Å²) in [7, 11) is 0. The largest absolute Gasteiger partial charge is 0.327 e. The monoisotopic (exact) mass is 179 g/mol. The number of hydrogen-bond donors (Lipinski definition) is 1. The third kappa shape index (κ3) is 1.48. The molecule has 0 aromatic carbocycles. The van der Waals surface area contributed by atoms with Crippen LogP contribution in [0.25, 0.3) is 0 Å². The van der Waals surface area contributed by atoms with Crippen LogP contribution in [0.5, 0.6) is 0 Å². The normalized spacial score (nSPS) is 26.5. The predicted octanol–water partition coefficient (Wildman–Crippen LogP) is 2.41. The Bertz CT molecular complexity index is 218. The van der Waals surface area contributed by atoms with Gasteiger partial charge in [-0.15, -0.1) is 12.3 Å². The Balaban J connectivity index is 2.53. The Labute approximate surface area is 82.1 Å². The summed E-state index contributed by atoms with van der Waals surface area (Å²) in [4.78, 5) is 0. The van der Waals surface area contributed by atoms with Gasteiger partial charge < -0.3 is 5.73 Å². The van der Waals surface area contributed by atoms with Gasteiger partial charge in [0, 0.05) is 12.5 Å². The third-order valence-electron chi connectivity index (χ3n) is 4.18. The molecule has 74 valence electrons. The molecule has 0 aliphatic heterocycles. The Hall–Kier alpha value is -0.480. The molecule has 1 aliphatic rings. The van der Waals surface area contributed by atoms with E-state index < -0.39 is 0 Å². The summed E-state index contributed by atoms with van der Waals surface area (Å²) in [5, 5.41) is 0. The fourth-order valence-corrected chi connectivity index (χ4v) is 2.73. The van der Waals surface area contributed by atoms with Crippen LogP contribution in [0.2, 0.25) is 0 Å². The second-order valence-electron chi connectivity index (χ2n) is 5.33. The van der Waals surface area contributed by atoms with Crippen molar-refractivity contribution in [1.82, 2.24) is 0 Å². The molecular weight excluding hydrogens is 158 g/mol. The highest BCUT2D eigenvalue weighted by atomic mass is 14.8. The minimum atomic E-state index is 0.279. The number of hydrogen-bond acceptors (Lipinski definition) is 1. The maximum atomic E-state index is 6.12. The van der Waals surface area contributed by atoms with Gasteiger partial charge in [-0.1, -0.05) is 27.7 Å². The average Bonchev–Trinajstić information content (AvgIpc) is 2.39. The van der Waals surface area contributed by atoms with E-state index in [2.05, 4.69) is 33.6 Å². The molecule has 0 aromatic rings. The Morgan fingerprint density at radius 1 is 1.31 bits per heavy atom. The van der Waals surface area contributed by atoms with Crippen molar-refractivity contribution >= 4 is 0 Å². The zero-order valence-electron chi connectivity index (χ0n) is 9.22. The van der Waals surface area contributed by atoms with Crippen LogP contribution in [0.3, 0.4) is 0 Å². The fraction of sp³-hybridized carbons (Fsp3) is 0.833. The van der Waals surface area contributed by atoms with Crippen LogP contribution >= 0.6 is 0 Å². The lowest BCUT2D eigenvalue weighted by atomic mass is 10.0. The standard InChI is InChI=1S/C12H21N/c1-6-7-8-9(13)10-11(2,3)12(10,4)5/h1,9-10H,7-8,13H2,2-5H3. The highest BCUT2D eigenvalue weighted by molar-refractivity contribution is 5.15. The van der Waals surface area contributed by atoms with Crippen molar-refractivity contribution in [2.45, 2.75) is 46.6 Å². The van der Waals surface area contributed by atoms with Crippen molar-refractivity contribution in [2.24, 2.45) is 22.5 Å². The number of rotatable bonds is 3. The van der Waals surface area contributed by atoms with E-state index in [4.69, 9.17) is 12.2 Å². The molecule has 2 N–H and O–H groups in total. The van der Waals surface area contributed by atoms with E-state index >= 15 is 0 Å². The van der Waals surface area contributed by atoms with Gasteiger partial charge in [-0.2, -0.15) is 0 Å². The zero-order chi connectivity index (χ0) is 10.3. The lowest BCUT2D eigenvalue weighted by molar-refractivity contribution is 0.457. The molecule has 13 heavy (non-hydrogen) atoms. The molecule has 0 spiro atoms. The minimum Gasteiger partial charge on any atom is -0.327 e. The van der Waals surface area contributed by atoms with E-state index in [1.807, 2.05) is 0 Å². The summed E-state index contributed by atoms with van der Waals surface area (Å²) in [6.45, 7) is 9.20. The van der Waals surface area contributed by atoms with Gasteiger partial charge in [0.05, 0.1) is 0 Å². The molecule has 1 rings (SSSR count). The van der Waals surface area contributed by atoms with Gasteiger partial charge >= 0.3 is 0 Å². The maximum absolute atomic E-state index is 6.12. The number of nitrogens with two attached hydrogens (primary N) is 1. The summed E-state index contributed by atoms with van der Waals surface area (Å²) < 4.78 is 0. The van der Waals surface area contributed by atoms with Crippen LogP contribution < -0.4 is 5.73 Å². The molecule has 0 amide bonds. The molecule has 0 radical (unpaired) electrons. The number of terminal acetylenes is 1. The van der Waals surface area contributed by atoms with Crippen LogP contribution in [0.4, 0.5) is 0 Å². The predicted molar refractivity (Wildman–Crippen MR) is 57.1 cm³/mol. The van der Waals surface area contributed by atoms with Crippen LogP contribution in [0.15, 0.2) is 0 Å². The zero-order valence-corrected chi connectivity index (χ0v) is 9.22. The van der Waals surface area contributed by atoms with Crippen molar-refractivity contribution in [3.63, 3.8) is 0 Å². The van der Waals surface area contributed by atoms with Crippen LogP contribution in [0.1, 0.15) is 40.5 Å². The van der Waals surface area contributed by atoms with Gasteiger partial charge in [-0.25, -0.2) is 0 Å². The van der Waals surface area contributed by atoms with E-state index in [0.29, 0.717) is 16.7 Å². The van der Waals surface area contributed by atoms with E-state index in [9.17, 15) is 0 Å². The summed E-state index contributed by atoms with van der Waals surface area (Å²) in [6.07, 6.45) is 7.00. The first kappa shape index (κ1) is 10.6. The Kier molecular flexibility index (Phi) is 2.47. The average molecular weight is 179 g/mol. The van der Waals surface area contributed by atoms with Crippen molar-refractivity contribution in [3.05, 3.63) is 0 Å². The maximum Gasteiger partial charge on any atom is 0.0101 e. The van der Waals surface area contributed by atoms with Crippen LogP contribution in [-0.4, -0.2) is 6.04 Å². The van der Waals surface area contributed by atoms with Gasteiger partial charge in [0.15, 0.2) is 0 Å². The van der Waals surface area contributed by atoms with Gasteiger partial charge in [0.2, 0.25) is 0 Å². The lowest BCUT2D eigenvalue weighted by Crippen LogP contribution is -2.25. The summed E-state index contributed by atoms with van der Waals surface area (Å²) >= 11 is 0. The molecule has 0 aromatic heterocycles. The van der Waals surface area contributed by atoms with E-state index in [1.54, 1.807) is 0 Å². The first-order valence-electron chi connectivity index (χ1n) is 5.04. The topological polar surface area (TPSA) is 26.0 Å². The highest BCUT2D eigenvalue weighted by Gasteiger charge is 2.66. The molecule has 1 aliphatic carbocycles. The summed E-state index contributed by atoms with van der Waals surface area (Å²) in [5.41, 5.74) is 6.90. The lowest BCUT2D eigenvalue weighted by Gasteiger charge is -2.11. The van der Waals surface area contributed by atoms with E-state index in [1.165, 1.54) is 0 Å². The smallest absolute Gasteiger partial charge is 0.0101 e. The summed E-state index contributed by atoms with van der Waals surface area (Å²) in [6, 6.07) is 0.279. The molecule has 1 unspecified atom stereocenters. The molecule has 1 nitrogen and oxygen atoms in total. The molecule has 1 fully saturated rings. The Morgan fingerprint density at radius 3 is 2.08 bits per heavy atom. The van der Waals surface area contributed by atoms with E-state index in [0.717, 1.165) is 12.8 Å². The molecule has 0 bridgehead atoms. The first-order valence-corrected chi connectivity index (χ1v) is 5.04. The van der Waals surface area contributed by atoms with Crippen molar-refractivity contribution in [1.29, 1.82) is 0 Å². The second kappa shape index (κ2) is 3.03. The van der Waals surface area contributed by atoms with Gasteiger partial charge in [0.25, 0.3) is 0 Å². The fourth-order valence-electron chi connectivity index (χ4n) is 2.73. The highest BCUT2D eigenvalue weighted by Crippen LogP contribution is 2.69. The quantitative estimate of drug-likeness (QED) is 0.661. The van der Waals surface area contributed by atoms with Crippen molar-refractivity contribution in [3.8, 4) is 12.3 Å². The Morgan fingerprint density at radius 2 is 1.77 bits per heavy atom. The molecule has 1 heteroatoms. The van der Waals surface area contributed by atoms with Gasteiger partial charge in [0.1, 0.15) is 0 Å². The van der Waals surface area contributed by atoms with Gasteiger partial charge in [-0.3, -0.25) is 0 Å². The molecule has 0 saturated heterocycles. The third-order valence-corrected chi connectivity index (χ3v) is 4.18. The van der Waals surface area contributed by atoms with Crippen molar-refractivity contribution < 1.29 is 0 Å². The minimum absolute atomic E-state index is 0.279. The van der Waals surface area contributed by atoms with E-state index in [-0.39, 0.29) is 6.04 Å². The molecule has 1 saturated carbocycles. The SMILES string of the molecule is C#CCCC(N)C1C(C)(C)C1(C)C. The molecule has 1 atom stereocenters. The van der Waals surface area contributed by atoms with Crippen LogP contribution in [0, 0.1) is 29.1 Å².